The molecule has 5 heterocycles. The Kier molecular flexibility index (Phi) is 6.18. The van der Waals surface area contributed by atoms with Crippen LogP contribution in [0.15, 0.2) is 48.9 Å². The summed E-state index contributed by atoms with van der Waals surface area (Å²) in [4.78, 5) is 21.8. The first-order valence-electron chi connectivity index (χ1n) is 13.8. The fraction of sp³-hybridized carbons (Fsp3) is 0.414. The first kappa shape index (κ1) is 25.9. The molecule has 2 bridgehead atoms. The zero-order valence-corrected chi connectivity index (χ0v) is 22.0. The molecule has 1 aliphatic carbocycles. The van der Waals surface area contributed by atoms with Crippen LogP contribution in [0.2, 0.25) is 0 Å². The Labute approximate surface area is 232 Å². The molecule has 3 aliphatic rings. The molecule has 9 nitrogen and oxygen atoms in total. The van der Waals surface area contributed by atoms with Gasteiger partial charge in [-0.1, -0.05) is 18.2 Å². The van der Waals surface area contributed by atoms with E-state index in [2.05, 4.69) is 24.7 Å². The number of para-hydroxylation sites is 1. The number of rotatable bonds is 8. The lowest BCUT2D eigenvalue weighted by Crippen LogP contribution is -2.46. The number of carbonyl (C=O) groups is 1. The van der Waals surface area contributed by atoms with Crippen molar-refractivity contribution >= 4 is 17.4 Å². The number of fused-ring (bicyclic) bond motifs is 3. The molecule has 0 spiro atoms. The van der Waals surface area contributed by atoms with Gasteiger partial charge in [0.05, 0.1) is 18.9 Å². The summed E-state index contributed by atoms with van der Waals surface area (Å²) in [6.07, 6.45) is 5.59. The van der Waals surface area contributed by atoms with Gasteiger partial charge in [0.1, 0.15) is 17.1 Å². The van der Waals surface area contributed by atoms with Crippen molar-refractivity contribution in [1.82, 2.24) is 19.6 Å². The van der Waals surface area contributed by atoms with Crippen molar-refractivity contribution in [2.45, 2.75) is 75.6 Å². The highest BCUT2D eigenvalue weighted by atomic mass is 19.4. The highest BCUT2D eigenvalue weighted by Gasteiger charge is 2.42. The number of alkyl halides is 3. The molecular formula is C29H28F3N5O4. The first-order valence-corrected chi connectivity index (χ1v) is 13.8. The van der Waals surface area contributed by atoms with E-state index >= 15 is 0 Å². The molecule has 4 aromatic rings. The third-order valence-corrected chi connectivity index (χ3v) is 8.41. The zero-order chi connectivity index (χ0) is 28.3. The molecule has 3 fully saturated rings. The zero-order valence-electron chi connectivity index (χ0n) is 22.0. The number of benzene rings is 1. The van der Waals surface area contributed by atoms with Gasteiger partial charge in [-0.05, 0) is 56.6 Å². The number of carboxylic acid groups (broad SMARTS) is 1. The second-order valence-electron chi connectivity index (χ2n) is 11.0. The number of nitrogens with zero attached hydrogens (tertiary/aromatic N) is 4. The van der Waals surface area contributed by atoms with Crippen LogP contribution in [0.5, 0.6) is 5.75 Å². The number of aromatic carboxylic acids is 1. The fourth-order valence-electron chi connectivity index (χ4n) is 6.50. The lowest BCUT2D eigenvalue weighted by atomic mass is 9.98. The Balaban J connectivity index is 1.10. The van der Waals surface area contributed by atoms with Gasteiger partial charge in [0.15, 0.2) is 5.65 Å². The summed E-state index contributed by atoms with van der Waals surface area (Å²) in [6.45, 7) is 0.289. The Morgan fingerprint density at radius 1 is 1.07 bits per heavy atom. The van der Waals surface area contributed by atoms with Crippen molar-refractivity contribution in [1.29, 1.82) is 0 Å². The summed E-state index contributed by atoms with van der Waals surface area (Å²) in [6, 6.07) is 8.46. The predicted molar refractivity (Wildman–Crippen MR) is 142 cm³/mol. The average Bonchev–Trinajstić information content (AvgIpc) is 3.44. The summed E-state index contributed by atoms with van der Waals surface area (Å²) in [7, 11) is 0. The topological polar surface area (TPSA) is 105 Å². The van der Waals surface area contributed by atoms with Gasteiger partial charge in [-0.25, -0.2) is 14.3 Å². The smallest absolute Gasteiger partial charge is 0.477 e. The minimum atomic E-state index is -4.79. The maximum Gasteiger partial charge on any atom is 0.573 e. The van der Waals surface area contributed by atoms with E-state index in [-0.39, 0.29) is 36.1 Å². The fourth-order valence-corrected chi connectivity index (χ4v) is 6.50. The molecule has 2 N–H and O–H groups in total. The second-order valence-corrected chi connectivity index (χ2v) is 11.0. The Morgan fingerprint density at radius 2 is 1.83 bits per heavy atom. The molecule has 2 aliphatic heterocycles. The minimum absolute atomic E-state index is 0.0199. The SMILES string of the molecule is O=C(O)c1cnn2ccc(N3C4CCC3CC(OCc3c(-c5ccccc5OC(F)(F)F)c[nH]c3C3CC3)C4)nc12. The van der Waals surface area contributed by atoms with Gasteiger partial charge in [0, 0.05) is 46.9 Å². The molecule has 12 heteroatoms. The molecule has 2 saturated heterocycles. The van der Waals surface area contributed by atoms with E-state index < -0.39 is 12.3 Å². The lowest BCUT2D eigenvalue weighted by Gasteiger charge is -2.39. The maximum atomic E-state index is 13.1. The molecule has 7 rings (SSSR count). The molecule has 1 saturated carbocycles. The van der Waals surface area contributed by atoms with E-state index in [1.807, 2.05) is 6.07 Å². The first-order chi connectivity index (χ1) is 19.7. The Hall–Kier alpha value is -4.06. The van der Waals surface area contributed by atoms with Crippen LogP contribution in [-0.4, -0.2) is 55.2 Å². The third kappa shape index (κ3) is 4.90. The number of anilines is 1. The van der Waals surface area contributed by atoms with E-state index in [9.17, 15) is 23.1 Å². The maximum absolute atomic E-state index is 13.1. The number of hydrogen-bond donors (Lipinski definition) is 2. The number of H-pyrrole nitrogens is 1. The molecule has 41 heavy (non-hydrogen) atoms. The van der Waals surface area contributed by atoms with Crippen LogP contribution in [0, 0.1) is 0 Å². The largest absolute Gasteiger partial charge is 0.573 e. The van der Waals surface area contributed by atoms with Gasteiger partial charge in [-0.2, -0.15) is 5.10 Å². The lowest BCUT2D eigenvalue weighted by molar-refractivity contribution is -0.274. The standard InChI is InChI=1S/C29H28F3N5O4/c30-29(31,32)41-24-4-2-1-3-20(24)21-13-33-26(16-5-6-16)23(21)15-40-19-11-17-7-8-18(12-19)37(17)25-9-10-36-27(35-25)22(14-34-36)28(38)39/h1-4,9-10,13-14,16-19,33H,5-8,11-12,15H2,(H,38,39). The molecule has 2 unspecified atom stereocenters. The number of ether oxygens (including phenoxy) is 2. The van der Waals surface area contributed by atoms with Crippen LogP contribution in [0.25, 0.3) is 16.8 Å². The van der Waals surface area contributed by atoms with Crippen LogP contribution in [0.1, 0.15) is 66.1 Å². The normalized spacial score (nSPS) is 22.4. The van der Waals surface area contributed by atoms with Gasteiger partial charge >= 0.3 is 12.3 Å². The quantitative estimate of drug-likeness (QED) is 0.273. The van der Waals surface area contributed by atoms with Crippen LogP contribution in [0.4, 0.5) is 19.0 Å². The molecule has 0 amide bonds. The van der Waals surface area contributed by atoms with Crippen molar-refractivity contribution in [3.8, 4) is 16.9 Å². The van der Waals surface area contributed by atoms with E-state index in [0.29, 0.717) is 22.7 Å². The predicted octanol–water partition coefficient (Wildman–Crippen LogP) is 5.92. The van der Waals surface area contributed by atoms with E-state index in [1.54, 1.807) is 24.5 Å². The van der Waals surface area contributed by atoms with Crippen LogP contribution in [-0.2, 0) is 11.3 Å². The van der Waals surface area contributed by atoms with Gasteiger partial charge < -0.3 is 24.5 Å². The highest BCUT2D eigenvalue weighted by Crippen LogP contribution is 2.46. The van der Waals surface area contributed by atoms with Crippen LogP contribution < -0.4 is 9.64 Å². The number of halogens is 3. The summed E-state index contributed by atoms with van der Waals surface area (Å²) in [5.41, 5.74) is 3.33. The number of piperidine rings is 1. The third-order valence-electron chi connectivity index (χ3n) is 8.41. The number of carboxylic acids is 1. The van der Waals surface area contributed by atoms with E-state index in [0.717, 1.165) is 55.6 Å². The molecule has 0 radical (unpaired) electrons. The number of aromatic amines is 1. The summed E-state index contributed by atoms with van der Waals surface area (Å²) >= 11 is 0. The Morgan fingerprint density at radius 3 is 2.54 bits per heavy atom. The molecule has 214 valence electrons. The minimum Gasteiger partial charge on any atom is -0.477 e. The number of nitrogens with one attached hydrogen (secondary N) is 1. The molecule has 3 aromatic heterocycles. The monoisotopic (exact) mass is 567 g/mol. The van der Waals surface area contributed by atoms with Crippen molar-refractivity contribution < 1.29 is 32.5 Å². The van der Waals surface area contributed by atoms with Gasteiger partial charge in [-0.3, -0.25) is 0 Å². The van der Waals surface area contributed by atoms with Gasteiger partial charge in [-0.15, -0.1) is 13.2 Å². The van der Waals surface area contributed by atoms with Crippen molar-refractivity contribution in [2.75, 3.05) is 4.90 Å². The van der Waals surface area contributed by atoms with Crippen molar-refractivity contribution in [3.05, 3.63) is 65.7 Å². The summed E-state index contributed by atoms with van der Waals surface area (Å²) in [5, 5.41) is 13.6. The van der Waals surface area contributed by atoms with E-state index in [1.165, 1.54) is 22.8 Å². The molecular weight excluding hydrogens is 539 g/mol. The van der Waals surface area contributed by atoms with Gasteiger partial charge in [0.25, 0.3) is 0 Å². The molecule has 2 atom stereocenters. The van der Waals surface area contributed by atoms with Crippen LogP contribution in [0.3, 0.4) is 0 Å². The second kappa shape index (κ2) is 9.79. The average molecular weight is 568 g/mol. The van der Waals surface area contributed by atoms with Crippen molar-refractivity contribution in [2.24, 2.45) is 0 Å². The summed E-state index contributed by atoms with van der Waals surface area (Å²) < 4.78 is 51.7. The summed E-state index contributed by atoms with van der Waals surface area (Å²) in [5.74, 6) is -0.211. The van der Waals surface area contributed by atoms with Crippen LogP contribution >= 0.6 is 0 Å². The number of aromatic nitrogens is 4. The van der Waals surface area contributed by atoms with E-state index in [4.69, 9.17) is 4.74 Å². The van der Waals surface area contributed by atoms with Crippen molar-refractivity contribution in [3.63, 3.8) is 0 Å². The Bertz CT molecular complexity index is 1600. The molecule has 1 aromatic carbocycles. The van der Waals surface area contributed by atoms with Gasteiger partial charge in [0.2, 0.25) is 0 Å². The number of hydrogen-bond acceptors (Lipinski definition) is 6. The highest BCUT2D eigenvalue weighted by molar-refractivity contribution is 5.94.